The first kappa shape index (κ1) is 21.1. The molecule has 8 heteroatoms. The number of aliphatic carboxylic acids is 1. The Kier molecular flexibility index (Phi) is 8.05. The van der Waals surface area contributed by atoms with Gasteiger partial charge in [-0.05, 0) is 25.3 Å². The quantitative estimate of drug-likeness (QED) is 0.468. The van der Waals surface area contributed by atoms with Crippen molar-refractivity contribution in [2.75, 3.05) is 0 Å². The Balaban J connectivity index is 3.19. The molecule has 25 heavy (non-hydrogen) atoms. The molecule has 0 fully saturated rings. The summed E-state index contributed by atoms with van der Waals surface area (Å²) in [5, 5.41) is 12.3. The van der Waals surface area contributed by atoms with Crippen LogP contribution < -0.4 is 16.8 Å². The lowest BCUT2D eigenvalue weighted by Gasteiger charge is -2.40. The average Bonchev–Trinajstić information content (AvgIpc) is 2.53. The van der Waals surface area contributed by atoms with Gasteiger partial charge in [-0.2, -0.15) is 0 Å². The van der Waals surface area contributed by atoms with E-state index in [-0.39, 0.29) is 30.4 Å². The van der Waals surface area contributed by atoms with Crippen molar-refractivity contribution in [3.8, 4) is 0 Å². The van der Waals surface area contributed by atoms with Crippen molar-refractivity contribution in [3.63, 3.8) is 0 Å². The SMILES string of the molecule is CCC(CC)O[C@@H]1C=C(C(=O)O)[C@@H](CCC(N)=O)[C@H](N)[C@H]1NC(C)=O. The normalized spacial score (nSPS) is 26.2. The molecular formula is C17H29N3O5. The van der Waals surface area contributed by atoms with Gasteiger partial charge in [0.15, 0.2) is 0 Å². The predicted octanol–water partition coefficient (Wildman–Crippen LogP) is 0.299. The van der Waals surface area contributed by atoms with E-state index in [0.29, 0.717) is 0 Å². The van der Waals surface area contributed by atoms with E-state index >= 15 is 0 Å². The molecule has 0 saturated heterocycles. The fourth-order valence-corrected chi connectivity index (χ4v) is 3.20. The van der Waals surface area contributed by atoms with Crippen molar-refractivity contribution < 1.29 is 24.2 Å². The lowest BCUT2D eigenvalue weighted by atomic mass is 9.76. The van der Waals surface area contributed by atoms with Crippen LogP contribution >= 0.6 is 0 Å². The van der Waals surface area contributed by atoms with Gasteiger partial charge in [-0.3, -0.25) is 9.59 Å². The summed E-state index contributed by atoms with van der Waals surface area (Å²) < 4.78 is 6.00. The van der Waals surface area contributed by atoms with Crippen molar-refractivity contribution >= 4 is 17.8 Å². The number of carbonyl (C=O) groups excluding carboxylic acids is 2. The van der Waals surface area contributed by atoms with E-state index < -0.39 is 36.0 Å². The number of nitrogens with one attached hydrogen (secondary N) is 1. The zero-order valence-electron chi connectivity index (χ0n) is 15.0. The Morgan fingerprint density at radius 1 is 1.32 bits per heavy atom. The number of hydrogen-bond donors (Lipinski definition) is 4. The summed E-state index contributed by atoms with van der Waals surface area (Å²) in [7, 11) is 0. The lowest BCUT2D eigenvalue weighted by molar-refractivity contribution is -0.134. The van der Waals surface area contributed by atoms with E-state index in [1.54, 1.807) is 0 Å². The molecule has 0 spiro atoms. The van der Waals surface area contributed by atoms with Crippen molar-refractivity contribution in [2.24, 2.45) is 17.4 Å². The summed E-state index contributed by atoms with van der Waals surface area (Å²) >= 11 is 0. The molecule has 1 aliphatic rings. The van der Waals surface area contributed by atoms with E-state index in [1.165, 1.54) is 13.0 Å². The minimum Gasteiger partial charge on any atom is -0.478 e. The highest BCUT2D eigenvalue weighted by molar-refractivity contribution is 5.88. The number of ether oxygens (including phenoxy) is 1. The topological polar surface area (TPSA) is 145 Å². The lowest BCUT2D eigenvalue weighted by Crippen LogP contribution is -2.60. The van der Waals surface area contributed by atoms with E-state index in [9.17, 15) is 19.5 Å². The number of carboxylic acid groups (broad SMARTS) is 1. The van der Waals surface area contributed by atoms with Crippen LogP contribution in [0, 0.1) is 5.92 Å². The molecule has 4 atom stereocenters. The van der Waals surface area contributed by atoms with Crippen molar-refractivity contribution in [2.45, 2.75) is 70.7 Å². The molecule has 0 aromatic rings. The van der Waals surface area contributed by atoms with Crippen LogP contribution in [-0.2, 0) is 19.1 Å². The van der Waals surface area contributed by atoms with Gasteiger partial charge < -0.3 is 26.6 Å². The maximum absolute atomic E-state index is 11.7. The highest BCUT2D eigenvalue weighted by Gasteiger charge is 2.41. The van der Waals surface area contributed by atoms with Crippen LogP contribution in [0.2, 0.25) is 0 Å². The van der Waals surface area contributed by atoms with Gasteiger partial charge in [0, 0.05) is 30.9 Å². The molecule has 0 heterocycles. The van der Waals surface area contributed by atoms with Gasteiger partial charge in [0.1, 0.15) is 0 Å². The van der Waals surface area contributed by atoms with Gasteiger partial charge in [-0.25, -0.2) is 4.79 Å². The molecule has 1 rings (SSSR count). The maximum atomic E-state index is 11.7. The highest BCUT2D eigenvalue weighted by Crippen LogP contribution is 2.31. The van der Waals surface area contributed by atoms with Crippen LogP contribution in [-0.4, -0.2) is 47.2 Å². The van der Waals surface area contributed by atoms with Crippen LogP contribution in [0.1, 0.15) is 46.5 Å². The highest BCUT2D eigenvalue weighted by atomic mass is 16.5. The molecule has 0 aromatic carbocycles. The molecule has 2 amide bonds. The van der Waals surface area contributed by atoms with Gasteiger partial charge in [-0.1, -0.05) is 13.8 Å². The zero-order chi connectivity index (χ0) is 19.1. The number of primary amides is 1. The van der Waals surface area contributed by atoms with E-state index in [2.05, 4.69) is 5.32 Å². The second-order valence-electron chi connectivity index (χ2n) is 6.38. The molecule has 142 valence electrons. The second-order valence-corrected chi connectivity index (χ2v) is 6.38. The zero-order valence-corrected chi connectivity index (χ0v) is 15.0. The Labute approximate surface area is 148 Å². The molecule has 6 N–H and O–H groups in total. The maximum Gasteiger partial charge on any atom is 0.331 e. The number of nitrogens with two attached hydrogens (primary N) is 2. The first-order chi connectivity index (χ1) is 11.7. The average molecular weight is 355 g/mol. The minimum absolute atomic E-state index is 0.0217. The van der Waals surface area contributed by atoms with E-state index in [0.717, 1.165) is 12.8 Å². The summed E-state index contributed by atoms with van der Waals surface area (Å²) in [6.45, 7) is 5.32. The Morgan fingerprint density at radius 2 is 1.92 bits per heavy atom. The number of carbonyl (C=O) groups is 3. The first-order valence-corrected chi connectivity index (χ1v) is 8.62. The van der Waals surface area contributed by atoms with Gasteiger partial charge in [0.05, 0.1) is 18.2 Å². The van der Waals surface area contributed by atoms with Gasteiger partial charge >= 0.3 is 5.97 Å². The summed E-state index contributed by atoms with van der Waals surface area (Å²) in [5.74, 6) is -2.50. The summed E-state index contributed by atoms with van der Waals surface area (Å²) in [6, 6.07) is -1.27. The largest absolute Gasteiger partial charge is 0.478 e. The summed E-state index contributed by atoms with van der Waals surface area (Å²) in [6.07, 6.45) is 2.56. The monoisotopic (exact) mass is 355 g/mol. The fourth-order valence-electron chi connectivity index (χ4n) is 3.20. The third kappa shape index (κ3) is 5.82. The first-order valence-electron chi connectivity index (χ1n) is 8.62. The fraction of sp³-hybridized carbons (Fsp3) is 0.706. The van der Waals surface area contributed by atoms with Crippen LogP contribution in [0.4, 0.5) is 0 Å². The minimum atomic E-state index is -1.11. The molecule has 8 nitrogen and oxygen atoms in total. The molecular weight excluding hydrogens is 326 g/mol. The second kappa shape index (κ2) is 9.53. The van der Waals surface area contributed by atoms with Crippen LogP contribution in [0.3, 0.4) is 0 Å². The van der Waals surface area contributed by atoms with Crippen molar-refractivity contribution in [1.29, 1.82) is 0 Å². The third-order valence-electron chi connectivity index (χ3n) is 4.56. The summed E-state index contributed by atoms with van der Waals surface area (Å²) in [4.78, 5) is 34.3. The molecule has 1 aliphatic carbocycles. The number of rotatable bonds is 9. The number of amides is 2. The van der Waals surface area contributed by atoms with Crippen LogP contribution in [0.15, 0.2) is 11.6 Å². The summed E-state index contributed by atoms with van der Waals surface area (Å²) in [5.41, 5.74) is 11.6. The molecule has 0 aromatic heterocycles. The van der Waals surface area contributed by atoms with Crippen molar-refractivity contribution in [3.05, 3.63) is 11.6 Å². The Bertz CT molecular complexity index is 530. The van der Waals surface area contributed by atoms with Crippen molar-refractivity contribution in [1.82, 2.24) is 5.32 Å². The number of carboxylic acids is 1. The van der Waals surface area contributed by atoms with Crippen LogP contribution in [0.5, 0.6) is 0 Å². The van der Waals surface area contributed by atoms with Gasteiger partial charge in [0.2, 0.25) is 11.8 Å². The third-order valence-corrected chi connectivity index (χ3v) is 4.56. The molecule has 0 saturated carbocycles. The standard InChI is InChI=1S/C17H29N3O5/c1-4-10(5-2)25-13-8-12(17(23)24)11(6-7-14(18)22)15(19)16(13)20-9(3)21/h8,10-11,13,15-16H,4-7,19H2,1-3H3,(H2,18,22)(H,20,21)(H,23,24)/t11-,13-,15+,16+/m1/s1. The molecule has 0 radical (unpaired) electrons. The number of hydrogen-bond acceptors (Lipinski definition) is 5. The molecule has 0 aliphatic heterocycles. The smallest absolute Gasteiger partial charge is 0.331 e. The van der Waals surface area contributed by atoms with Gasteiger partial charge in [0.25, 0.3) is 0 Å². The predicted molar refractivity (Wildman–Crippen MR) is 92.5 cm³/mol. The van der Waals surface area contributed by atoms with Gasteiger partial charge in [-0.15, -0.1) is 0 Å². The van der Waals surface area contributed by atoms with E-state index in [1.807, 2.05) is 13.8 Å². The van der Waals surface area contributed by atoms with E-state index in [4.69, 9.17) is 16.2 Å². The molecule has 0 bridgehead atoms. The molecule has 0 unspecified atom stereocenters. The van der Waals surface area contributed by atoms with Crippen LogP contribution in [0.25, 0.3) is 0 Å². The Morgan fingerprint density at radius 3 is 2.36 bits per heavy atom. The Hall–Kier alpha value is -1.93.